The molecular weight excluding hydrogens is 172 g/mol. The summed E-state index contributed by atoms with van der Waals surface area (Å²) in [5.74, 6) is 0.292. The van der Waals surface area contributed by atoms with Gasteiger partial charge in [-0.05, 0) is 25.3 Å². The molecule has 0 saturated heterocycles. The maximum atomic E-state index is 11.6. The highest BCUT2D eigenvalue weighted by atomic mass is 16.1. The van der Waals surface area contributed by atoms with Gasteiger partial charge >= 0.3 is 0 Å². The molecule has 0 aromatic heterocycles. The Morgan fingerprint density at radius 3 is 2.50 bits per heavy atom. The number of hydrogen-bond acceptors (Lipinski definition) is 1. The Labute approximate surface area is 84.5 Å². The zero-order valence-electron chi connectivity index (χ0n) is 8.42. The number of hydrogen-bond donors (Lipinski definition) is 0. The number of allylic oxidation sites excluding steroid dienone is 2. The number of carbonyl (C=O) groups is 1. The minimum atomic E-state index is 0.292. The lowest BCUT2D eigenvalue weighted by Crippen LogP contribution is -2.05. The van der Waals surface area contributed by atoms with E-state index in [1.807, 2.05) is 12.1 Å². The van der Waals surface area contributed by atoms with E-state index in [0.29, 0.717) is 12.2 Å². The third kappa shape index (κ3) is 1.77. The van der Waals surface area contributed by atoms with Gasteiger partial charge in [-0.3, -0.25) is 4.79 Å². The third-order valence-electron chi connectivity index (χ3n) is 2.62. The molecule has 72 valence electrons. The topological polar surface area (TPSA) is 17.1 Å². The molecule has 0 heterocycles. The molecule has 0 unspecified atom stereocenters. The zero-order valence-corrected chi connectivity index (χ0v) is 8.42. The van der Waals surface area contributed by atoms with Crippen LogP contribution in [0.3, 0.4) is 0 Å². The summed E-state index contributed by atoms with van der Waals surface area (Å²) >= 11 is 0. The van der Waals surface area contributed by atoms with Gasteiger partial charge in [0.15, 0.2) is 5.78 Å². The SMILES string of the molecule is Cc1ccc(C2=CCCCC2=O)cc1. The van der Waals surface area contributed by atoms with Crippen molar-refractivity contribution in [3.05, 3.63) is 41.5 Å². The highest BCUT2D eigenvalue weighted by Gasteiger charge is 2.14. The predicted octanol–water partition coefficient (Wildman–Crippen LogP) is 3.13. The Balaban J connectivity index is 2.34. The standard InChI is InChI=1S/C13H14O/c1-10-6-8-11(9-7-10)12-4-2-3-5-13(12)14/h4,6-9H,2-3,5H2,1H3. The molecule has 0 spiro atoms. The first-order valence-electron chi connectivity index (χ1n) is 5.08. The van der Waals surface area contributed by atoms with E-state index in [2.05, 4.69) is 25.1 Å². The molecule has 0 N–H and O–H groups in total. The smallest absolute Gasteiger partial charge is 0.163 e. The first-order chi connectivity index (χ1) is 6.77. The monoisotopic (exact) mass is 186 g/mol. The lowest BCUT2D eigenvalue weighted by molar-refractivity contribution is -0.114. The molecule has 0 atom stereocenters. The van der Waals surface area contributed by atoms with Gasteiger partial charge in [-0.2, -0.15) is 0 Å². The van der Waals surface area contributed by atoms with Gasteiger partial charge < -0.3 is 0 Å². The van der Waals surface area contributed by atoms with E-state index < -0.39 is 0 Å². The van der Waals surface area contributed by atoms with Crippen LogP contribution in [0.1, 0.15) is 30.4 Å². The molecule has 1 heteroatoms. The van der Waals surface area contributed by atoms with Crippen molar-refractivity contribution in [3.63, 3.8) is 0 Å². The molecule has 2 rings (SSSR count). The van der Waals surface area contributed by atoms with E-state index >= 15 is 0 Å². The molecule has 0 radical (unpaired) electrons. The Morgan fingerprint density at radius 1 is 1.14 bits per heavy atom. The summed E-state index contributed by atoms with van der Waals surface area (Å²) in [5, 5.41) is 0. The zero-order chi connectivity index (χ0) is 9.97. The summed E-state index contributed by atoms with van der Waals surface area (Å²) in [6.07, 6.45) is 4.82. The molecule has 0 bridgehead atoms. The van der Waals surface area contributed by atoms with Crippen molar-refractivity contribution >= 4 is 11.4 Å². The minimum Gasteiger partial charge on any atom is -0.294 e. The summed E-state index contributed by atoms with van der Waals surface area (Å²) in [6, 6.07) is 8.17. The summed E-state index contributed by atoms with van der Waals surface area (Å²) in [6.45, 7) is 2.06. The molecule has 0 amide bonds. The summed E-state index contributed by atoms with van der Waals surface area (Å²) in [7, 11) is 0. The normalized spacial score (nSPS) is 16.6. The van der Waals surface area contributed by atoms with Crippen LogP contribution in [0.15, 0.2) is 30.3 Å². The van der Waals surface area contributed by atoms with Gasteiger partial charge in [0.1, 0.15) is 0 Å². The molecular formula is C13H14O. The van der Waals surface area contributed by atoms with Crippen LogP contribution in [0.25, 0.3) is 5.57 Å². The van der Waals surface area contributed by atoms with E-state index in [0.717, 1.165) is 24.0 Å². The van der Waals surface area contributed by atoms with Crippen LogP contribution in [0.2, 0.25) is 0 Å². The van der Waals surface area contributed by atoms with Crippen molar-refractivity contribution < 1.29 is 4.79 Å². The first kappa shape index (κ1) is 9.20. The second-order valence-corrected chi connectivity index (χ2v) is 3.80. The molecule has 1 aromatic rings. The number of carbonyl (C=O) groups excluding carboxylic acids is 1. The molecule has 1 nitrogen and oxygen atoms in total. The van der Waals surface area contributed by atoms with Crippen LogP contribution in [0.5, 0.6) is 0 Å². The largest absolute Gasteiger partial charge is 0.294 e. The van der Waals surface area contributed by atoms with E-state index in [1.165, 1.54) is 5.56 Å². The molecule has 1 aliphatic rings. The van der Waals surface area contributed by atoms with Crippen LogP contribution in [0, 0.1) is 6.92 Å². The van der Waals surface area contributed by atoms with Crippen LogP contribution >= 0.6 is 0 Å². The number of ketones is 1. The maximum Gasteiger partial charge on any atom is 0.163 e. The fraction of sp³-hybridized carbons (Fsp3) is 0.308. The highest BCUT2D eigenvalue weighted by molar-refractivity contribution is 6.21. The fourth-order valence-corrected chi connectivity index (χ4v) is 1.77. The van der Waals surface area contributed by atoms with Crippen molar-refractivity contribution in [1.29, 1.82) is 0 Å². The van der Waals surface area contributed by atoms with E-state index in [4.69, 9.17) is 0 Å². The van der Waals surface area contributed by atoms with Gasteiger partial charge in [0.05, 0.1) is 0 Å². The Bertz CT molecular complexity index is 371. The molecule has 0 aliphatic heterocycles. The molecule has 1 aromatic carbocycles. The predicted molar refractivity (Wildman–Crippen MR) is 58.0 cm³/mol. The molecule has 1 aliphatic carbocycles. The Hall–Kier alpha value is -1.37. The average molecular weight is 186 g/mol. The number of aryl methyl sites for hydroxylation is 1. The summed E-state index contributed by atoms with van der Waals surface area (Å²) < 4.78 is 0. The van der Waals surface area contributed by atoms with Crippen molar-refractivity contribution in [2.24, 2.45) is 0 Å². The van der Waals surface area contributed by atoms with E-state index in [9.17, 15) is 4.79 Å². The Morgan fingerprint density at radius 2 is 1.86 bits per heavy atom. The molecule has 14 heavy (non-hydrogen) atoms. The number of rotatable bonds is 1. The van der Waals surface area contributed by atoms with Gasteiger partial charge in [-0.1, -0.05) is 35.9 Å². The highest BCUT2D eigenvalue weighted by Crippen LogP contribution is 2.23. The summed E-state index contributed by atoms with van der Waals surface area (Å²) in [5.41, 5.74) is 3.22. The fourth-order valence-electron chi connectivity index (χ4n) is 1.77. The van der Waals surface area contributed by atoms with Gasteiger partial charge in [0.2, 0.25) is 0 Å². The molecule has 0 fully saturated rings. The van der Waals surface area contributed by atoms with Crippen LogP contribution in [-0.4, -0.2) is 5.78 Å². The third-order valence-corrected chi connectivity index (χ3v) is 2.62. The quantitative estimate of drug-likeness (QED) is 0.658. The van der Waals surface area contributed by atoms with Gasteiger partial charge in [0, 0.05) is 12.0 Å². The first-order valence-corrected chi connectivity index (χ1v) is 5.08. The van der Waals surface area contributed by atoms with Crippen molar-refractivity contribution in [3.8, 4) is 0 Å². The van der Waals surface area contributed by atoms with Gasteiger partial charge in [-0.25, -0.2) is 0 Å². The lowest BCUT2D eigenvalue weighted by atomic mass is 9.92. The second-order valence-electron chi connectivity index (χ2n) is 3.80. The maximum absolute atomic E-state index is 11.6. The number of benzene rings is 1. The van der Waals surface area contributed by atoms with Gasteiger partial charge in [-0.15, -0.1) is 0 Å². The van der Waals surface area contributed by atoms with Crippen molar-refractivity contribution in [2.75, 3.05) is 0 Å². The number of Topliss-reactive ketones (excluding diaryl/α,β-unsaturated/α-hetero) is 1. The summed E-state index contributed by atoms with van der Waals surface area (Å²) in [4.78, 5) is 11.6. The van der Waals surface area contributed by atoms with Crippen LogP contribution in [-0.2, 0) is 4.79 Å². The Kier molecular flexibility index (Phi) is 2.49. The minimum absolute atomic E-state index is 0.292. The van der Waals surface area contributed by atoms with Crippen molar-refractivity contribution in [1.82, 2.24) is 0 Å². The van der Waals surface area contributed by atoms with Crippen LogP contribution in [0.4, 0.5) is 0 Å². The van der Waals surface area contributed by atoms with Crippen LogP contribution < -0.4 is 0 Å². The second kappa shape index (κ2) is 3.79. The molecule has 0 saturated carbocycles. The van der Waals surface area contributed by atoms with Crippen molar-refractivity contribution in [2.45, 2.75) is 26.2 Å². The van der Waals surface area contributed by atoms with E-state index in [-0.39, 0.29) is 0 Å². The van der Waals surface area contributed by atoms with E-state index in [1.54, 1.807) is 0 Å². The lowest BCUT2D eigenvalue weighted by Gasteiger charge is -2.11. The van der Waals surface area contributed by atoms with Gasteiger partial charge in [0.25, 0.3) is 0 Å². The average Bonchev–Trinajstić information content (AvgIpc) is 2.20.